The number of phenolic OH excluding ortho intramolecular Hbond substituents is 2. The highest BCUT2D eigenvalue weighted by atomic mass is 16.3. The van der Waals surface area contributed by atoms with E-state index in [1.165, 1.54) is 0 Å². The van der Waals surface area contributed by atoms with E-state index in [1.54, 1.807) is 30.4 Å². The molecule has 0 saturated heterocycles. The first-order valence-electron chi connectivity index (χ1n) is 5.50. The summed E-state index contributed by atoms with van der Waals surface area (Å²) in [5, 5.41) is 31.4. The first kappa shape index (κ1) is 10.2. The number of rotatable bonds is 0. The van der Waals surface area contributed by atoms with E-state index < -0.39 is 6.10 Å². The van der Waals surface area contributed by atoms with Crippen LogP contribution in [0.1, 0.15) is 17.2 Å². The van der Waals surface area contributed by atoms with Gasteiger partial charge < -0.3 is 15.3 Å². The van der Waals surface area contributed by atoms with E-state index in [4.69, 9.17) is 0 Å². The predicted molar refractivity (Wildman–Crippen MR) is 65.1 cm³/mol. The van der Waals surface area contributed by atoms with E-state index >= 15 is 0 Å². The molecule has 17 heavy (non-hydrogen) atoms. The van der Waals surface area contributed by atoms with E-state index in [-0.39, 0.29) is 11.5 Å². The zero-order chi connectivity index (χ0) is 12.0. The van der Waals surface area contributed by atoms with Crippen LogP contribution in [0.15, 0.2) is 36.4 Å². The van der Waals surface area contributed by atoms with Gasteiger partial charge in [-0.15, -0.1) is 0 Å². The molecule has 0 aliphatic heterocycles. The smallest absolute Gasteiger partial charge is 0.130 e. The summed E-state index contributed by atoms with van der Waals surface area (Å²) in [6.07, 6.45) is 3.09. The quantitative estimate of drug-likeness (QED) is 0.479. The van der Waals surface area contributed by atoms with E-state index in [2.05, 4.69) is 0 Å². The summed E-state index contributed by atoms with van der Waals surface area (Å²) in [4.78, 5) is 0. The average molecular weight is 228 g/mol. The topological polar surface area (TPSA) is 60.7 Å². The van der Waals surface area contributed by atoms with Crippen molar-refractivity contribution < 1.29 is 15.3 Å². The SMILES string of the molecule is Oc1c2c(c(O)c3ccccc13)C(O)C=CC2. The van der Waals surface area contributed by atoms with Crippen LogP contribution in [0.5, 0.6) is 11.5 Å². The number of benzene rings is 2. The molecule has 1 aliphatic carbocycles. The molecule has 0 heterocycles. The maximum atomic E-state index is 10.2. The van der Waals surface area contributed by atoms with Gasteiger partial charge in [-0.1, -0.05) is 36.4 Å². The Labute approximate surface area is 98.3 Å². The summed E-state index contributed by atoms with van der Waals surface area (Å²) in [7, 11) is 0. The number of allylic oxidation sites excluding steroid dienone is 1. The Balaban J connectivity index is 2.47. The van der Waals surface area contributed by atoms with Gasteiger partial charge in [-0.2, -0.15) is 0 Å². The van der Waals surface area contributed by atoms with Crippen LogP contribution in [0.2, 0.25) is 0 Å². The molecule has 1 atom stereocenters. The summed E-state index contributed by atoms with van der Waals surface area (Å²) in [6.45, 7) is 0. The highest BCUT2D eigenvalue weighted by Crippen LogP contribution is 2.44. The second kappa shape index (κ2) is 3.50. The number of aliphatic hydroxyl groups excluding tert-OH is 1. The second-order valence-electron chi connectivity index (χ2n) is 4.21. The summed E-state index contributed by atoms with van der Waals surface area (Å²) in [5.41, 5.74) is 1.03. The molecule has 3 N–H and O–H groups in total. The maximum absolute atomic E-state index is 10.2. The lowest BCUT2D eigenvalue weighted by molar-refractivity contribution is 0.220. The van der Waals surface area contributed by atoms with Crippen LogP contribution in [0, 0.1) is 0 Å². The fraction of sp³-hybridized carbons (Fsp3) is 0.143. The Morgan fingerprint density at radius 2 is 1.65 bits per heavy atom. The lowest BCUT2D eigenvalue weighted by Crippen LogP contribution is -2.05. The zero-order valence-electron chi connectivity index (χ0n) is 9.09. The maximum Gasteiger partial charge on any atom is 0.130 e. The van der Waals surface area contributed by atoms with Gasteiger partial charge in [0.2, 0.25) is 0 Å². The Morgan fingerprint density at radius 3 is 2.35 bits per heavy atom. The molecule has 0 radical (unpaired) electrons. The summed E-state index contributed by atoms with van der Waals surface area (Å²) in [6, 6.07) is 7.09. The number of hydrogen-bond donors (Lipinski definition) is 3. The van der Waals surface area contributed by atoms with E-state index in [1.807, 2.05) is 6.07 Å². The Bertz CT molecular complexity index is 629. The molecule has 2 aromatic carbocycles. The van der Waals surface area contributed by atoms with E-state index in [9.17, 15) is 15.3 Å². The lowest BCUT2D eigenvalue weighted by Gasteiger charge is -2.21. The highest BCUT2D eigenvalue weighted by Gasteiger charge is 2.24. The molecule has 0 fully saturated rings. The molecule has 0 saturated carbocycles. The van der Waals surface area contributed by atoms with Crippen molar-refractivity contribution in [2.45, 2.75) is 12.5 Å². The Kier molecular flexibility index (Phi) is 2.09. The molecule has 2 aromatic rings. The Morgan fingerprint density at radius 1 is 1.00 bits per heavy atom. The van der Waals surface area contributed by atoms with Crippen molar-refractivity contribution in [2.24, 2.45) is 0 Å². The minimum absolute atomic E-state index is 0.0604. The van der Waals surface area contributed by atoms with E-state index in [0.717, 1.165) is 0 Å². The number of phenols is 2. The standard InChI is InChI=1S/C14H12O3/c15-11-7-3-6-10-12(11)14(17)9-5-2-1-4-8(9)13(10)16/h1-5,7,11,15-17H,6H2. The van der Waals surface area contributed by atoms with Crippen LogP contribution in [-0.4, -0.2) is 15.3 Å². The van der Waals surface area contributed by atoms with Crippen LogP contribution in [0.25, 0.3) is 10.8 Å². The fourth-order valence-corrected chi connectivity index (χ4v) is 2.41. The van der Waals surface area contributed by atoms with E-state index in [0.29, 0.717) is 28.3 Å². The summed E-state index contributed by atoms with van der Waals surface area (Å²) >= 11 is 0. The minimum Gasteiger partial charge on any atom is -0.507 e. The number of aliphatic hydroxyl groups is 1. The molecule has 1 aliphatic rings. The third-order valence-electron chi connectivity index (χ3n) is 3.24. The number of fused-ring (bicyclic) bond motifs is 2. The molecular formula is C14H12O3. The average Bonchev–Trinajstić information content (AvgIpc) is 2.36. The third-order valence-corrected chi connectivity index (χ3v) is 3.24. The van der Waals surface area contributed by atoms with Crippen LogP contribution in [0.3, 0.4) is 0 Å². The van der Waals surface area contributed by atoms with Crippen LogP contribution in [-0.2, 0) is 6.42 Å². The van der Waals surface area contributed by atoms with Crippen molar-refractivity contribution in [3.63, 3.8) is 0 Å². The van der Waals surface area contributed by atoms with Crippen molar-refractivity contribution in [1.82, 2.24) is 0 Å². The van der Waals surface area contributed by atoms with Gasteiger partial charge in [-0.05, 0) is 6.42 Å². The molecule has 0 bridgehead atoms. The van der Waals surface area contributed by atoms with Crippen LogP contribution in [0.4, 0.5) is 0 Å². The zero-order valence-corrected chi connectivity index (χ0v) is 9.09. The molecule has 0 amide bonds. The normalized spacial score (nSPS) is 18.3. The molecule has 3 heteroatoms. The fourth-order valence-electron chi connectivity index (χ4n) is 2.41. The highest BCUT2D eigenvalue weighted by molar-refractivity contribution is 5.96. The van der Waals surface area contributed by atoms with Crippen molar-refractivity contribution in [3.8, 4) is 11.5 Å². The second-order valence-corrected chi connectivity index (χ2v) is 4.21. The van der Waals surface area contributed by atoms with Crippen molar-refractivity contribution in [1.29, 1.82) is 0 Å². The summed E-state index contributed by atoms with van der Waals surface area (Å²) < 4.78 is 0. The first-order chi connectivity index (χ1) is 8.20. The van der Waals surface area contributed by atoms with Crippen molar-refractivity contribution in [3.05, 3.63) is 47.5 Å². The van der Waals surface area contributed by atoms with Gasteiger partial charge in [0.15, 0.2) is 0 Å². The van der Waals surface area contributed by atoms with Gasteiger partial charge >= 0.3 is 0 Å². The number of aromatic hydroxyl groups is 2. The van der Waals surface area contributed by atoms with Crippen LogP contribution < -0.4 is 0 Å². The number of hydrogen-bond acceptors (Lipinski definition) is 3. The van der Waals surface area contributed by atoms with Crippen molar-refractivity contribution >= 4 is 10.8 Å². The van der Waals surface area contributed by atoms with Gasteiger partial charge in [-0.3, -0.25) is 0 Å². The van der Waals surface area contributed by atoms with Crippen LogP contribution >= 0.6 is 0 Å². The first-order valence-corrected chi connectivity index (χ1v) is 5.50. The molecule has 0 aromatic heterocycles. The lowest BCUT2D eigenvalue weighted by atomic mass is 9.89. The molecule has 0 spiro atoms. The minimum atomic E-state index is -0.853. The Hall–Kier alpha value is -2.00. The molecule has 86 valence electrons. The van der Waals surface area contributed by atoms with Gasteiger partial charge in [0.05, 0.1) is 0 Å². The van der Waals surface area contributed by atoms with Crippen molar-refractivity contribution in [2.75, 3.05) is 0 Å². The van der Waals surface area contributed by atoms with Gasteiger partial charge in [0, 0.05) is 21.9 Å². The van der Waals surface area contributed by atoms with Gasteiger partial charge in [0.25, 0.3) is 0 Å². The monoisotopic (exact) mass is 228 g/mol. The van der Waals surface area contributed by atoms with Gasteiger partial charge in [0.1, 0.15) is 17.6 Å². The van der Waals surface area contributed by atoms with Gasteiger partial charge in [-0.25, -0.2) is 0 Å². The molecular weight excluding hydrogens is 216 g/mol. The largest absolute Gasteiger partial charge is 0.507 e. The predicted octanol–water partition coefficient (Wildman–Crippen LogP) is 2.40. The summed E-state index contributed by atoms with van der Waals surface area (Å²) in [5.74, 6) is 0.210. The molecule has 3 nitrogen and oxygen atoms in total. The third kappa shape index (κ3) is 1.33. The molecule has 1 unspecified atom stereocenters. The molecule has 3 rings (SSSR count).